The molecule has 2 rings (SSSR count). The summed E-state index contributed by atoms with van der Waals surface area (Å²) >= 11 is 0. The SMILES string of the molecule is CCOc1cccc(CNC)c1OCCN1CCOCC1. The van der Waals surface area contributed by atoms with Crippen LogP contribution >= 0.6 is 0 Å². The lowest BCUT2D eigenvalue weighted by atomic mass is 10.2. The van der Waals surface area contributed by atoms with Gasteiger partial charge in [-0.3, -0.25) is 4.90 Å². The van der Waals surface area contributed by atoms with Crippen molar-refractivity contribution in [3.63, 3.8) is 0 Å². The van der Waals surface area contributed by atoms with Crippen LogP contribution in [0, 0.1) is 0 Å². The third kappa shape index (κ3) is 4.88. The predicted molar refractivity (Wildman–Crippen MR) is 83.1 cm³/mol. The van der Waals surface area contributed by atoms with E-state index >= 15 is 0 Å². The lowest BCUT2D eigenvalue weighted by Crippen LogP contribution is -2.38. The van der Waals surface area contributed by atoms with Crippen molar-refractivity contribution < 1.29 is 14.2 Å². The average Bonchev–Trinajstić information content (AvgIpc) is 2.51. The molecule has 0 atom stereocenters. The van der Waals surface area contributed by atoms with Crippen molar-refractivity contribution in [3.8, 4) is 11.5 Å². The molecule has 5 heteroatoms. The minimum Gasteiger partial charge on any atom is -0.490 e. The zero-order chi connectivity index (χ0) is 14.9. The maximum atomic E-state index is 6.03. The second kappa shape index (κ2) is 8.87. The van der Waals surface area contributed by atoms with Crippen molar-refractivity contribution in [2.24, 2.45) is 0 Å². The molecule has 1 N–H and O–H groups in total. The number of hydrogen-bond acceptors (Lipinski definition) is 5. The molecule has 1 fully saturated rings. The largest absolute Gasteiger partial charge is 0.490 e. The Morgan fingerprint density at radius 1 is 1.24 bits per heavy atom. The first-order valence-electron chi connectivity index (χ1n) is 7.67. The highest BCUT2D eigenvalue weighted by Gasteiger charge is 2.13. The zero-order valence-electron chi connectivity index (χ0n) is 13.1. The Morgan fingerprint density at radius 2 is 2.05 bits per heavy atom. The monoisotopic (exact) mass is 294 g/mol. The Morgan fingerprint density at radius 3 is 2.76 bits per heavy atom. The summed E-state index contributed by atoms with van der Waals surface area (Å²) in [6.45, 7) is 8.60. The molecule has 0 amide bonds. The highest BCUT2D eigenvalue weighted by Crippen LogP contribution is 2.31. The standard InChI is InChI=1S/C16H26N2O3/c1-3-20-15-6-4-5-14(13-17-2)16(15)21-12-9-18-7-10-19-11-8-18/h4-6,17H,3,7-13H2,1-2H3. The molecule has 1 aromatic carbocycles. The van der Waals surface area contributed by atoms with Gasteiger partial charge in [-0.1, -0.05) is 12.1 Å². The third-order valence-electron chi connectivity index (χ3n) is 3.49. The highest BCUT2D eigenvalue weighted by molar-refractivity contribution is 5.46. The zero-order valence-corrected chi connectivity index (χ0v) is 13.1. The van der Waals surface area contributed by atoms with E-state index in [1.807, 2.05) is 26.1 Å². The van der Waals surface area contributed by atoms with Crippen LogP contribution in [-0.2, 0) is 11.3 Å². The van der Waals surface area contributed by atoms with E-state index in [4.69, 9.17) is 14.2 Å². The summed E-state index contributed by atoms with van der Waals surface area (Å²) in [5.41, 5.74) is 1.13. The molecule has 0 bridgehead atoms. The summed E-state index contributed by atoms with van der Waals surface area (Å²) < 4.78 is 17.1. The van der Waals surface area contributed by atoms with E-state index in [1.54, 1.807) is 0 Å². The number of hydrogen-bond donors (Lipinski definition) is 1. The van der Waals surface area contributed by atoms with Crippen molar-refractivity contribution in [3.05, 3.63) is 23.8 Å². The van der Waals surface area contributed by atoms with Crippen LogP contribution in [0.5, 0.6) is 11.5 Å². The highest BCUT2D eigenvalue weighted by atomic mass is 16.5. The fourth-order valence-corrected chi connectivity index (χ4v) is 2.43. The van der Waals surface area contributed by atoms with Gasteiger partial charge in [0.05, 0.1) is 19.8 Å². The van der Waals surface area contributed by atoms with Gasteiger partial charge in [0.25, 0.3) is 0 Å². The van der Waals surface area contributed by atoms with Crippen molar-refractivity contribution in [1.82, 2.24) is 10.2 Å². The van der Waals surface area contributed by atoms with E-state index in [-0.39, 0.29) is 0 Å². The molecule has 1 aliphatic heterocycles. The van der Waals surface area contributed by atoms with E-state index in [0.717, 1.165) is 56.5 Å². The fraction of sp³-hybridized carbons (Fsp3) is 0.625. The van der Waals surface area contributed by atoms with Crippen LogP contribution in [0.15, 0.2) is 18.2 Å². The van der Waals surface area contributed by atoms with Gasteiger partial charge in [0, 0.05) is 31.7 Å². The van der Waals surface area contributed by atoms with E-state index in [2.05, 4.69) is 16.3 Å². The van der Waals surface area contributed by atoms with Crippen molar-refractivity contribution in [2.75, 3.05) is 53.1 Å². The molecule has 0 unspecified atom stereocenters. The van der Waals surface area contributed by atoms with Gasteiger partial charge in [0.2, 0.25) is 0 Å². The molecular formula is C16H26N2O3. The maximum Gasteiger partial charge on any atom is 0.165 e. The molecule has 0 aromatic heterocycles. The van der Waals surface area contributed by atoms with Crippen LogP contribution in [-0.4, -0.2) is 58.0 Å². The second-order valence-electron chi connectivity index (χ2n) is 5.01. The molecule has 1 saturated heterocycles. The summed E-state index contributed by atoms with van der Waals surface area (Å²) in [5.74, 6) is 1.69. The Labute approximate surface area is 127 Å². The minimum absolute atomic E-state index is 0.642. The summed E-state index contributed by atoms with van der Waals surface area (Å²) in [6.07, 6.45) is 0. The number of nitrogens with one attached hydrogen (secondary N) is 1. The first-order chi connectivity index (χ1) is 10.3. The Kier molecular flexibility index (Phi) is 6.79. The molecule has 0 radical (unpaired) electrons. The first kappa shape index (κ1) is 16.1. The molecular weight excluding hydrogens is 268 g/mol. The lowest BCUT2D eigenvalue weighted by Gasteiger charge is -2.26. The van der Waals surface area contributed by atoms with E-state index in [1.165, 1.54) is 0 Å². The van der Waals surface area contributed by atoms with Gasteiger partial charge in [-0.15, -0.1) is 0 Å². The van der Waals surface area contributed by atoms with Crippen molar-refractivity contribution >= 4 is 0 Å². The fourth-order valence-electron chi connectivity index (χ4n) is 2.43. The van der Waals surface area contributed by atoms with Gasteiger partial charge in [-0.25, -0.2) is 0 Å². The Hall–Kier alpha value is -1.30. The molecule has 0 saturated carbocycles. The summed E-state index contributed by atoms with van der Waals surface area (Å²) in [7, 11) is 1.94. The Bertz CT molecular complexity index is 396. The van der Waals surface area contributed by atoms with Crippen LogP contribution < -0.4 is 14.8 Å². The minimum atomic E-state index is 0.642. The van der Waals surface area contributed by atoms with Crippen LogP contribution in [0.2, 0.25) is 0 Å². The van der Waals surface area contributed by atoms with E-state index in [9.17, 15) is 0 Å². The summed E-state index contributed by atoms with van der Waals surface area (Å²) in [4.78, 5) is 2.37. The number of para-hydroxylation sites is 1. The van der Waals surface area contributed by atoms with Gasteiger partial charge in [-0.05, 0) is 20.0 Å². The average molecular weight is 294 g/mol. The van der Waals surface area contributed by atoms with E-state index < -0.39 is 0 Å². The number of benzene rings is 1. The number of morpholine rings is 1. The van der Waals surface area contributed by atoms with E-state index in [0.29, 0.717) is 13.2 Å². The Balaban J connectivity index is 1.95. The molecule has 1 aromatic rings. The number of rotatable bonds is 8. The normalized spacial score (nSPS) is 15.9. The maximum absolute atomic E-state index is 6.03. The second-order valence-corrected chi connectivity index (χ2v) is 5.01. The van der Waals surface area contributed by atoms with Gasteiger partial charge < -0.3 is 19.5 Å². The van der Waals surface area contributed by atoms with Gasteiger partial charge in [0.15, 0.2) is 11.5 Å². The molecule has 0 aliphatic carbocycles. The number of nitrogens with zero attached hydrogens (tertiary/aromatic N) is 1. The van der Waals surface area contributed by atoms with Crippen LogP contribution in [0.3, 0.4) is 0 Å². The van der Waals surface area contributed by atoms with Crippen LogP contribution in [0.4, 0.5) is 0 Å². The molecule has 1 heterocycles. The lowest BCUT2D eigenvalue weighted by molar-refractivity contribution is 0.0320. The molecule has 5 nitrogen and oxygen atoms in total. The van der Waals surface area contributed by atoms with Gasteiger partial charge in [-0.2, -0.15) is 0 Å². The molecule has 0 spiro atoms. The number of ether oxygens (including phenoxy) is 3. The van der Waals surface area contributed by atoms with Gasteiger partial charge >= 0.3 is 0 Å². The topological polar surface area (TPSA) is 43.0 Å². The van der Waals surface area contributed by atoms with Crippen molar-refractivity contribution in [1.29, 1.82) is 0 Å². The molecule has 118 valence electrons. The molecule has 21 heavy (non-hydrogen) atoms. The van der Waals surface area contributed by atoms with Crippen LogP contribution in [0.25, 0.3) is 0 Å². The molecule has 1 aliphatic rings. The van der Waals surface area contributed by atoms with Crippen LogP contribution in [0.1, 0.15) is 12.5 Å². The third-order valence-corrected chi connectivity index (χ3v) is 3.49. The summed E-state index contributed by atoms with van der Waals surface area (Å²) in [5, 5.41) is 3.17. The quantitative estimate of drug-likeness (QED) is 0.787. The summed E-state index contributed by atoms with van der Waals surface area (Å²) in [6, 6.07) is 6.04. The smallest absolute Gasteiger partial charge is 0.165 e. The first-order valence-corrected chi connectivity index (χ1v) is 7.67. The predicted octanol–water partition coefficient (Wildman–Crippen LogP) is 1.52. The van der Waals surface area contributed by atoms with Crippen molar-refractivity contribution in [2.45, 2.75) is 13.5 Å². The van der Waals surface area contributed by atoms with Gasteiger partial charge in [0.1, 0.15) is 6.61 Å².